The second-order valence-electron chi connectivity index (χ2n) is 21.7. The van der Waals surface area contributed by atoms with Crippen molar-refractivity contribution in [2.75, 3.05) is 6.61 Å². The van der Waals surface area contributed by atoms with E-state index in [0.29, 0.717) is 12.8 Å². The maximum absolute atomic E-state index is 14.2. The summed E-state index contributed by atoms with van der Waals surface area (Å²) in [5.41, 5.74) is 4.76. The largest absolute Gasteiger partial charge is 0.457 e. The number of hydrogen-bond donors (Lipinski definition) is 1. The molecule has 390 valence electrons. The summed E-state index contributed by atoms with van der Waals surface area (Å²) >= 11 is 0. The highest BCUT2D eigenvalue weighted by Crippen LogP contribution is 2.38. The summed E-state index contributed by atoms with van der Waals surface area (Å²) in [6.07, 6.45) is 11.8. The molecule has 6 aromatic carbocycles. The Hall–Kier alpha value is -5.16. The molecular weight excluding hydrogens is 923 g/mol. The lowest BCUT2D eigenvalue weighted by Crippen LogP contribution is -2.66. The van der Waals surface area contributed by atoms with Gasteiger partial charge in [-0.3, -0.25) is 9.59 Å². The maximum Gasteiger partial charge on any atom is 0.306 e. The first-order valence-corrected chi connectivity index (χ1v) is 30.4. The molecule has 1 aliphatic rings. The molecule has 0 radical (unpaired) electrons. The first kappa shape index (κ1) is 55.6. The van der Waals surface area contributed by atoms with Crippen LogP contribution in [0.15, 0.2) is 146 Å². The van der Waals surface area contributed by atoms with Crippen LogP contribution >= 0.6 is 0 Å². The van der Waals surface area contributed by atoms with Crippen LogP contribution in [0.3, 0.4) is 0 Å². The van der Waals surface area contributed by atoms with Gasteiger partial charge in [-0.25, -0.2) is 0 Å². The number of esters is 1. The van der Waals surface area contributed by atoms with E-state index in [2.05, 4.69) is 124 Å². The van der Waals surface area contributed by atoms with Crippen LogP contribution in [0.4, 0.5) is 0 Å². The molecule has 8 nitrogen and oxygen atoms in total. The molecule has 0 bridgehead atoms. The van der Waals surface area contributed by atoms with E-state index in [1.165, 1.54) is 32.7 Å². The Labute approximate surface area is 438 Å². The number of ether oxygens (including phenoxy) is 4. The Balaban J connectivity index is 1.00. The van der Waals surface area contributed by atoms with Crippen molar-refractivity contribution in [2.24, 2.45) is 0 Å². The molecule has 1 aliphatic heterocycles. The molecule has 73 heavy (non-hydrogen) atoms. The summed E-state index contributed by atoms with van der Waals surface area (Å²) in [6.45, 7) is 11.8. The van der Waals surface area contributed by atoms with E-state index in [9.17, 15) is 9.59 Å². The zero-order chi connectivity index (χ0) is 51.3. The first-order chi connectivity index (χ1) is 35.4. The normalized spacial score (nSPS) is 18.2. The molecule has 1 fully saturated rings. The Bertz CT molecular complexity index is 2570. The van der Waals surface area contributed by atoms with Crippen LogP contribution in [-0.4, -0.2) is 57.4 Å². The monoisotopic (exact) mass is 1010 g/mol. The zero-order valence-corrected chi connectivity index (χ0v) is 45.5. The third-order valence-corrected chi connectivity index (χ3v) is 19.6. The number of amides is 1. The molecule has 0 unspecified atom stereocenters. The first-order valence-electron chi connectivity index (χ1n) is 27.5. The fourth-order valence-corrected chi connectivity index (χ4v) is 10.8. The Morgan fingerprint density at radius 3 is 1.55 bits per heavy atom. The van der Waals surface area contributed by atoms with Gasteiger partial charge >= 0.3 is 5.97 Å². The van der Waals surface area contributed by atoms with E-state index in [4.69, 9.17) is 23.4 Å². The number of aryl methyl sites for hydroxylation is 2. The van der Waals surface area contributed by atoms with Gasteiger partial charge in [0.25, 0.3) is 0 Å². The number of hydrogen-bond acceptors (Lipinski definition) is 7. The van der Waals surface area contributed by atoms with Crippen molar-refractivity contribution < 1.29 is 33.0 Å². The summed E-state index contributed by atoms with van der Waals surface area (Å²) in [6, 6.07) is 49.5. The highest BCUT2D eigenvalue weighted by atomic mass is 28.4. The fourth-order valence-electron chi connectivity index (χ4n) is 9.79. The lowest BCUT2D eigenvalue weighted by atomic mass is 9.95. The zero-order valence-electron chi connectivity index (χ0n) is 44.5. The third-order valence-electron chi connectivity index (χ3n) is 15.1. The Kier molecular flexibility index (Phi) is 21.7. The van der Waals surface area contributed by atoms with E-state index in [1.54, 1.807) is 0 Å². The molecular formula is C64H83NO7Si. The number of unbranched alkanes of at least 4 members (excludes halogenated alkanes) is 10. The number of carbonyl (C=O) groups is 2. The van der Waals surface area contributed by atoms with Crippen molar-refractivity contribution in [3.05, 3.63) is 168 Å². The van der Waals surface area contributed by atoms with Crippen molar-refractivity contribution >= 4 is 41.7 Å². The van der Waals surface area contributed by atoms with Crippen LogP contribution in [0.5, 0.6) is 0 Å². The number of benzene rings is 6. The molecule has 1 N–H and O–H groups in total. The van der Waals surface area contributed by atoms with Crippen molar-refractivity contribution in [1.29, 1.82) is 0 Å². The second-order valence-corrected chi connectivity index (χ2v) is 26.5. The number of carbonyl (C=O) groups excluding carboxylic acids is 2. The Morgan fingerprint density at radius 2 is 1.00 bits per heavy atom. The summed E-state index contributed by atoms with van der Waals surface area (Å²) < 4.78 is 33.8. The average molecular weight is 1010 g/mol. The quantitative estimate of drug-likeness (QED) is 0.0284. The van der Waals surface area contributed by atoms with Gasteiger partial charge in [0.15, 0.2) is 20.7 Å². The predicted octanol–water partition coefficient (Wildman–Crippen LogP) is 15.2. The van der Waals surface area contributed by atoms with Crippen molar-refractivity contribution in [3.8, 4) is 0 Å². The standard InChI is InChI=1S/C64H83NO7Si/c1-64(2,3)73(4,5)70-48-57-61(68-46-49-30-16-14-17-31-49)62(72-59(67)45-23-13-9-7-11-21-35-52-39-29-41-54-37-25-27-43-56(52)54)60(63(71-57)69-47-50-32-18-15-19-33-50)65-58(66)44-22-12-8-6-10-20-34-51-38-28-40-53-36-24-26-42-55(51)53/h14-19,24-33,36-43,57,60-63H,6-13,20-23,34-35,44-48H2,1-5H3,(H,65,66)/t57-,60+,61-,62-,63+/m1/s1. The summed E-state index contributed by atoms with van der Waals surface area (Å²) in [7, 11) is -2.27. The average Bonchev–Trinajstić information content (AvgIpc) is 3.39. The van der Waals surface area contributed by atoms with Gasteiger partial charge in [-0.2, -0.15) is 0 Å². The SMILES string of the molecule is CC(C)(C)[Si](C)(C)OC[C@H]1O[C@H](OCc2ccccc2)[C@@H](NC(=O)CCCCCCCCc2cccc3ccccc23)[C@@H](OC(=O)CCCCCCCCc2cccc3ccccc23)[C@@H]1OCc1ccccc1. The lowest BCUT2D eigenvalue weighted by molar-refractivity contribution is -0.285. The van der Waals surface area contributed by atoms with E-state index in [-0.39, 0.29) is 43.2 Å². The van der Waals surface area contributed by atoms with Crippen LogP contribution in [0.1, 0.15) is 133 Å². The van der Waals surface area contributed by atoms with Gasteiger partial charge in [-0.05, 0) is 100 Å². The number of nitrogens with one attached hydrogen (secondary N) is 1. The van der Waals surface area contributed by atoms with Gasteiger partial charge in [-0.15, -0.1) is 0 Å². The van der Waals surface area contributed by atoms with Crippen molar-refractivity contribution in [1.82, 2.24) is 5.32 Å². The molecule has 1 amide bonds. The van der Waals surface area contributed by atoms with E-state index in [1.807, 2.05) is 60.7 Å². The highest BCUT2D eigenvalue weighted by Gasteiger charge is 2.51. The molecule has 5 atom stereocenters. The second kappa shape index (κ2) is 28.5. The third kappa shape index (κ3) is 17.2. The van der Waals surface area contributed by atoms with Gasteiger partial charge < -0.3 is 28.7 Å². The van der Waals surface area contributed by atoms with E-state index >= 15 is 0 Å². The van der Waals surface area contributed by atoms with Gasteiger partial charge in [0.05, 0.1) is 19.8 Å². The molecule has 7 rings (SSSR count). The predicted molar refractivity (Wildman–Crippen MR) is 300 cm³/mol. The van der Waals surface area contributed by atoms with Crippen LogP contribution in [0, 0.1) is 0 Å². The van der Waals surface area contributed by atoms with E-state index < -0.39 is 39.0 Å². The van der Waals surface area contributed by atoms with E-state index in [0.717, 1.165) is 94.6 Å². The van der Waals surface area contributed by atoms with Crippen LogP contribution in [0.2, 0.25) is 18.1 Å². The minimum Gasteiger partial charge on any atom is -0.457 e. The summed E-state index contributed by atoms with van der Waals surface area (Å²) in [5.74, 6) is -0.445. The van der Waals surface area contributed by atoms with Crippen molar-refractivity contribution in [3.63, 3.8) is 0 Å². The van der Waals surface area contributed by atoms with Crippen LogP contribution < -0.4 is 5.32 Å². The molecule has 1 heterocycles. The van der Waals surface area contributed by atoms with Gasteiger partial charge in [0, 0.05) is 12.8 Å². The summed E-state index contributed by atoms with van der Waals surface area (Å²) in [5, 5.41) is 8.51. The minimum absolute atomic E-state index is 0.0536. The Morgan fingerprint density at radius 1 is 0.534 bits per heavy atom. The number of fused-ring (bicyclic) bond motifs is 2. The topological polar surface area (TPSA) is 92.3 Å². The number of rotatable bonds is 29. The van der Waals surface area contributed by atoms with Gasteiger partial charge in [0.1, 0.15) is 18.2 Å². The fraction of sp³-hybridized carbons (Fsp3) is 0.469. The molecule has 0 aromatic heterocycles. The molecule has 0 saturated carbocycles. The molecule has 1 saturated heterocycles. The minimum atomic E-state index is -2.27. The molecule has 9 heteroatoms. The van der Waals surface area contributed by atoms with Crippen LogP contribution in [-0.2, 0) is 59.0 Å². The maximum atomic E-state index is 14.2. The smallest absolute Gasteiger partial charge is 0.306 e. The van der Waals surface area contributed by atoms with Crippen LogP contribution in [0.25, 0.3) is 21.5 Å². The lowest BCUT2D eigenvalue weighted by Gasteiger charge is -2.47. The van der Waals surface area contributed by atoms with Gasteiger partial charge in [0.2, 0.25) is 5.91 Å². The van der Waals surface area contributed by atoms with Crippen molar-refractivity contribution in [2.45, 2.75) is 185 Å². The molecule has 0 aliphatic carbocycles. The summed E-state index contributed by atoms with van der Waals surface area (Å²) in [4.78, 5) is 28.3. The highest BCUT2D eigenvalue weighted by molar-refractivity contribution is 6.74. The molecule has 0 spiro atoms. The van der Waals surface area contributed by atoms with Gasteiger partial charge in [-0.1, -0.05) is 218 Å². The molecule has 6 aromatic rings.